The van der Waals surface area contributed by atoms with Gasteiger partial charge >= 0.3 is 0 Å². The van der Waals surface area contributed by atoms with Crippen molar-refractivity contribution in [2.24, 2.45) is 0 Å². The Bertz CT molecular complexity index is 888. The Morgan fingerprint density at radius 2 is 1.47 bits per heavy atom. The van der Waals surface area contributed by atoms with Crippen LogP contribution in [-0.4, -0.2) is 43.9 Å². The molecule has 0 spiro atoms. The average Bonchev–Trinajstić information content (AvgIpc) is 2.77. The molecule has 3 aromatic rings. The van der Waals surface area contributed by atoms with E-state index in [0.29, 0.717) is 6.04 Å². The van der Waals surface area contributed by atoms with Crippen LogP contribution in [-0.2, 0) is 19.6 Å². The summed E-state index contributed by atoms with van der Waals surface area (Å²) in [5.74, 6) is 0. The van der Waals surface area contributed by atoms with E-state index < -0.39 is 0 Å². The minimum atomic E-state index is 0.540. The molecule has 1 saturated heterocycles. The second-order valence-electron chi connectivity index (χ2n) is 8.31. The van der Waals surface area contributed by atoms with Crippen molar-refractivity contribution in [2.45, 2.75) is 52.4 Å². The first-order valence-electron chi connectivity index (χ1n) is 10.9. The standard InChI is InChI=1S/C25H31N5/c1-20-6-3-12-27-24(20)18-30(19-25-21(2)7-4-13-28-25)23-9-14-29(15-10-23)17-22-8-5-11-26-16-22/h3-8,11-13,16,23H,9-10,14-15,17-19H2,1-2H3. The third kappa shape index (κ3) is 5.29. The monoisotopic (exact) mass is 401 g/mol. The van der Waals surface area contributed by atoms with E-state index in [1.807, 2.05) is 43.0 Å². The van der Waals surface area contributed by atoms with Crippen molar-refractivity contribution in [1.82, 2.24) is 24.8 Å². The fourth-order valence-electron chi connectivity index (χ4n) is 4.26. The molecule has 30 heavy (non-hydrogen) atoms. The quantitative estimate of drug-likeness (QED) is 0.595. The summed E-state index contributed by atoms with van der Waals surface area (Å²) in [7, 11) is 0. The number of pyridine rings is 3. The van der Waals surface area contributed by atoms with Crippen LogP contribution in [0.15, 0.2) is 61.2 Å². The van der Waals surface area contributed by atoms with E-state index in [-0.39, 0.29) is 0 Å². The van der Waals surface area contributed by atoms with Crippen molar-refractivity contribution in [3.8, 4) is 0 Å². The van der Waals surface area contributed by atoms with Gasteiger partial charge in [0.25, 0.3) is 0 Å². The molecular formula is C25H31N5. The van der Waals surface area contributed by atoms with Crippen LogP contribution < -0.4 is 0 Å². The molecule has 156 valence electrons. The molecule has 0 saturated carbocycles. The Kier molecular flexibility index (Phi) is 6.82. The zero-order valence-corrected chi connectivity index (χ0v) is 18.0. The Balaban J connectivity index is 1.45. The van der Waals surface area contributed by atoms with Crippen LogP contribution in [0.25, 0.3) is 0 Å². The Morgan fingerprint density at radius 1 is 0.867 bits per heavy atom. The summed E-state index contributed by atoms with van der Waals surface area (Å²) in [6.45, 7) is 9.26. The fourth-order valence-corrected chi connectivity index (χ4v) is 4.26. The number of hydrogen-bond donors (Lipinski definition) is 0. The highest BCUT2D eigenvalue weighted by atomic mass is 15.2. The third-order valence-electron chi connectivity index (χ3n) is 6.14. The first kappa shape index (κ1) is 20.6. The number of aryl methyl sites for hydroxylation is 2. The summed E-state index contributed by atoms with van der Waals surface area (Å²) in [5.41, 5.74) is 6.15. The lowest BCUT2D eigenvalue weighted by molar-refractivity contribution is 0.0910. The average molecular weight is 402 g/mol. The van der Waals surface area contributed by atoms with Gasteiger partial charge in [-0.15, -0.1) is 0 Å². The molecule has 0 atom stereocenters. The van der Waals surface area contributed by atoms with E-state index in [0.717, 1.165) is 45.6 Å². The van der Waals surface area contributed by atoms with Gasteiger partial charge in [0.15, 0.2) is 0 Å². The summed E-state index contributed by atoms with van der Waals surface area (Å²) < 4.78 is 0. The largest absolute Gasteiger partial charge is 0.299 e. The van der Waals surface area contributed by atoms with Gasteiger partial charge in [-0.3, -0.25) is 24.8 Å². The van der Waals surface area contributed by atoms with E-state index in [1.54, 1.807) is 0 Å². The molecule has 1 aliphatic rings. The molecular weight excluding hydrogens is 370 g/mol. The maximum Gasteiger partial charge on any atom is 0.0573 e. The number of likely N-dealkylation sites (tertiary alicyclic amines) is 1. The van der Waals surface area contributed by atoms with Crippen LogP contribution in [0, 0.1) is 13.8 Å². The molecule has 0 bridgehead atoms. The smallest absolute Gasteiger partial charge is 0.0573 e. The Labute approximate surface area is 179 Å². The van der Waals surface area contributed by atoms with Crippen LogP contribution in [0.4, 0.5) is 0 Å². The van der Waals surface area contributed by atoms with Gasteiger partial charge in [-0.25, -0.2) is 0 Å². The van der Waals surface area contributed by atoms with Crippen LogP contribution in [0.2, 0.25) is 0 Å². The summed E-state index contributed by atoms with van der Waals surface area (Å²) in [5, 5.41) is 0. The lowest BCUT2D eigenvalue weighted by Crippen LogP contribution is -2.44. The van der Waals surface area contributed by atoms with Gasteiger partial charge in [-0.1, -0.05) is 18.2 Å². The number of piperidine rings is 1. The van der Waals surface area contributed by atoms with Crippen LogP contribution in [0.1, 0.15) is 40.9 Å². The number of aromatic nitrogens is 3. The molecule has 3 aromatic heterocycles. The van der Waals surface area contributed by atoms with E-state index in [2.05, 4.69) is 56.8 Å². The summed E-state index contributed by atoms with van der Waals surface area (Å²) in [4.78, 5) is 18.7. The van der Waals surface area contributed by atoms with Gasteiger partial charge in [-0.05, 0) is 74.7 Å². The molecule has 5 nitrogen and oxygen atoms in total. The molecule has 0 amide bonds. The first-order chi connectivity index (χ1) is 14.7. The van der Waals surface area contributed by atoms with Gasteiger partial charge in [0, 0.05) is 50.5 Å². The third-order valence-corrected chi connectivity index (χ3v) is 6.14. The molecule has 1 fully saturated rings. The van der Waals surface area contributed by atoms with E-state index in [9.17, 15) is 0 Å². The molecule has 0 aliphatic carbocycles. The van der Waals surface area contributed by atoms with E-state index >= 15 is 0 Å². The Hall–Kier alpha value is -2.63. The van der Waals surface area contributed by atoms with Crippen LogP contribution in [0.5, 0.6) is 0 Å². The molecule has 5 heteroatoms. The minimum absolute atomic E-state index is 0.540. The van der Waals surface area contributed by atoms with E-state index in [4.69, 9.17) is 0 Å². The second-order valence-corrected chi connectivity index (χ2v) is 8.31. The molecule has 0 N–H and O–H groups in total. The Morgan fingerprint density at radius 3 is 2.00 bits per heavy atom. The van der Waals surface area contributed by atoms with Gasteiger partial charge in [0.05, 0.1) is 11.4 Å². The highest BCUT2D eigenvalue weighted by molar-refractivity contribution is 5.20. The molecule has 1 aliphatic heterocycles. The summed E-state index contributed by atoms with van der Waals surface area (Å²) in [6.07, 6.45) is 9.96. The van der Waals surface area contributed by atoms with Crippen molar-refractivity contribution < 1.29 is 0 Å². The zero-order chi connectivity index (χ0) is 20.8. The van der Waals surface area contributed by atoms with Crippen molar-refractivity contribution in [3.63, 3.8) is 0 Å². The predicted octanol–water partition coefficient (Wildman–Crippen LogP) is 4.16. The zero-order valence-electron chi connectivity index (χ0n) is 18.0. The summed E-state index contributed by atoms with van der Waals surface area (Å²) in [6, 6.07) is 13.1. The van der Waals surface area contributed by atoms with Gasteiger partial charge in [0.2, 0.25) is 0 Å². The predicted molar refractivity (Wildman–Crippen MR) is 120 cm³/mol. The van der Waals surface area contributed by atoms with Gasteiger partial charge in [0.1, 0.15) is 0 Å². The second kappa shape index (κ2) is 9.92. The van der Waals surface area contributed by atoms with E-state index in [1.165, 1.54) is 28.1 Å². The number of nitrogens with zero attached hydrogens (tertiary/aromatic N) is 5. The molecule has 4 heterocycles. The minimum Gasteiger partial charge on any atom is -0.299 e. The maximum absolute atomic E-state index is 4.67. The SMILES string of the molecule is Cc1cccnc1CN(Cc1ncccc1C)C1CCN(Cc2cccnc2)CC1. The van der Waals surface area contributed by atoms with Crippen LogP contribution >= 0.6 is 0 Å². The number of hydrogen-bond acceptors (Lipinski definition) is 5. The van der Waals surface area contributed by atoms with Gasteiger partial charge < -0.3 is 0 Å². The lowest BCUT2D eigenvalue weighted by atomic mass is 10.0. The van der Waals surface area contributed by atoms with Crippen molar-refractivity contribution in [3.05, 3.63) is 89.3 Å². The first-order valence-corrected chi connectivity index (χ1v) is 10.9. The van der Waals surface area contributed by atoms with Crippen LogP contribution in [0.3, 0.4) is 0 Å². The number of rotatable bonds is 7. The lowest BCUT2D eigenvalue weighted by Gasteiger charge is -2.38. The molecule has 0 radical (unpaired) electrons. The topological polar surface area (TPSA) is 45.2 Å². The molecule has 0 aromatic carbocycles. The summed E-state index contributed by atoms with van der Waals surface area (Å²) >= 11 is 0. The highest BCUT2D eigenvalue weighted by Gasteiger charge is 2.26. The normalized spacial score (nSPS) is 15.6. The molecule has 0 unspecified atom stereocenters. The van der Waals surface area contributed by atoms with Crippen molar-refractivity contribution in [1.29, 1.82) is 0 Å². The fraction of sp³-hybridized carbons (Fsp3) is 0.400. The molecule has 4 rings (SSSR count). The maximum atomic E-state index is 4.67. The van der Waals surface area contributed by atoms with Crippen molar-refractivity contribution >= 4 is 0 Å². The van der Waals surface area contributed by atoms with Crippen molar-refractivity contribution in [2.75, 3.05) is 13.1 Å². The highest BCUT2D eigenvalue weighted by Crippen LogP contribution is 2.23. The van der Waals surface area contributed by atoms with Gasteiger partial charge in [-0.2, -0.15) is 0 Å².